The van der Waals surface area contributed by atoms with Crippen molar-refractivity contribution < 1.29 is 0 Å². The van der Waals surface area contributed by atoms with E-state index in [9.17, 15) is 0 Å². The van der Waals surface area contributed by atoms with E-state index in [2.05, 4.69) is 88.2 Å². The van der Waals surface area contributed by atoms with Gasteiger partial charge in [-0.25, -0.2) is 0 Å². The van der Waals surface area contributed by atoms with Gasteiger partial charge in [0.1, 0.15) is 0 Å². The van der Waals surface area contributed by atoms with Gasteiger partial charge in [0.15, 0.2) is 5.82 Å². The number of anilines is 2. The number of rotatable bonds is 6. The highest BCUT2D eigenvalue weighted by Gasteiger charge is 2.01. The lowest BCUT2D eigenvalue weighted by molar-refractivity contribution is 0.937. The van der Waals surface area contributed by atoms with Crippen LogP contribution in [-0.4, -0.2) is 15.2 Å². The minimum Gasteiger partial charge on any atom is -0.365 e. The second kappa shape index (κ2) is 7.55. The normalized spacial score (nSPS) is 10.4. The van der Waals surface area contributed by atoms with Crippen LogP contribution < -0.4 is 10.6 Å². The Bertz CT molecular complexity index is 799. The molecule has 0 saturated carbocycles. The van der Waals surface area contributed by atoms with Gasteiger partial charge in [-0.3, -0.25) is 0 Å². The standard InChI is InChI=1S/C19H21N5/c1-14-6-8-16(9-7-14)11-21-19-23-18(13-22-24-19)20-12-17-5-3-4-15(2)10-17/h3-10,13H,11-12H2,1-2H3,(H2,20,21,23,24). The van der Waals surface area contributed by atoms with Crippen LogP contribution in [0.4, 0.5) is 11.8 Å². The molecule has 2 N–H and O–H groups in total. The van der Waals surface area contributed by atoms with Crippen molar-refractivity contribution in [2.45, 2.75) is 26.9 Å². The summed E-state index contributed by atoms with van der Waals surface area (Å²) < 4.78 is 0. The van der Waals surface area contributed by atoms with E-state index in [1.807, 2.05) is 0 Å². The number of benzene rings is 2. The van der Waals surface area contributed by atoms with Gasteiger partial charge in [-0.05, 0) is 25.0 Å². The van der Waals surface area contributed by atoms with Crippen LogP contribution in [0.15, 0.2) is 54.7 Å². The number of aromatic nitrogens is 3. The molecule has 3 rings (SSSR count). The first-order chi connectivity index (χ1) is 11.7. The Morgan fingerprint density at radius 3 is 2.42 bits per heavy atom. The Balaban J connectivity index is 1.58. The Morgan fingerprint density at radius 1 is 0.833 bits per heavy atom. The summed E-state index contributed by atoms with van der Waals surface area (Å²) >= 11 is 0. The zero-order valence-corrected chi connectivity index (χ0v) is 14.0. The molecule has 1 aromatic heterocycles. The van der Waals surface area contributed by atoms with E-state index in [4.69, 9.17) is 0 Å². The highest BCUT2D eigenvalue weighted by molar-refractivity contribution is 5.39. The molecule has 122 valence electrons. The first-order valence-corrected chi connectivity index (χ1v) is 7.97. The molecular weight excluding hydrogens is 298 g/mol. The van der Waals surface area contributed by atoms with Crippen LogP contribution in [0.25, 0.3) is 0 Å². The molecular formula is C19H21N5. The lowest BCUT2D eigenvalue weighted by Crippen LogP contribution is -2.08. The van der Waals surface area contributed by atoms with E-state index in [1.54, 1.807) is 6.20 Å². The van der Waals surface area contributed by atoms with Crippen LogP contribution in [0, 0.1) is 13.8 Å². The topological polar surface area (TPSA) is 62.7 Å². The third kappa shape index (κ3) is 4.52. The van der Waals surface area contributed by atoms with Crippen molar-refractivity contribution in [1.82, 2.24) is 15.2 Å². The Kier molecular flexibility index (Phi) is 5.01. The molecule has 0 radical (unpaired) electrons. The van der Waals surface area contributed by atoms with E-state index >= 15 is 0 Å². The van der Waals surface area contributed by atoms with Gasteiger partial charge in [-0.15, -0.1) is 5.10 Å². The first kappa shape index (κ1) is 15.9. The highest BCUT2D eigenvalue weighted by atomic mass is 15.3. The van der Waals surface area contributed by atoms with Crippen LogP contribution in [0.1, 0.15) is 22.3 Å². The fraction of sp³-hybridized carbons (Fsp3) is 0.211. The number of nitrogens with one attached hydrogen (secondary N) is 2. The monoisotopic (exact) mass is 319 g/mol. The van der Waals surface area contributed by atoms with E-state index in [0.717, 1.165) is 0 Å². The lowest BCUT2D eigenvalue weighted by atomic mass is 10.1. The number of hydrogen-bond donors (Lipinski definition) is 2. The third-order valence-electron chi connectivity index (χ3n) is 3.69. The smallest absolute Gasteiger partial charge is 0.244 e. The molecule has 0 aliphatic heterocycles. The van der Waals surface area contributed by atoms with Crippen molar-refractivity contribution >= 4 is 11.8 Å². The average molecular weight is 319 g/mol. The van der Waals surface area contributed by atoms with Gasteiger partial charge in [0.25, 0.3) is 0 Å². The van der Waals surface area contributed by atoms with Crippen LogP contribution in [-0.2, 0) is 13.1 Å². The fourth-order valence-electron chi connectivity index (χ4n) is 2.37. The molecule has 2 aromatic carbocycles. The molecule has 0 saturated heterocycles. The number of nitrogens with zero attached hydrogens (tertiary/aromatic N) is 3. The van der Waals surface area contributed by atoms with Gasteiger partial charge in [0, 0.05) is 13.1 Å². The third-order valence-corrected chi connectivity index (χ3v) is 3.69. The summed E-state index contributed by atoms with van der Waals surface area (Å²) in [6, 6.07) is 16.8. The molecule has 0 bridgehead atoms. The molecule has 0 unspecified atom stereocenters. The summed E-state index contributed by atoms with van der Waals surface area (Å²) in [6.45, 7) is 5.54. The number of hydrogen-bond acceptors (Lipinski definition) is 5. The molecule has 0 spiro atoms. The van der Waals surface area contributed by atoms with E-state index in [1.165, 1.54) is 22.3 Å². The van der Waals surface area contributed by atoms with E-state index in [0.29, 0.717) is 24.9 Å². The predicted molar refractivity (Wildman–Crippen MR) is 96.8 cm³/mol. The number of aryl methyl sites for hydroxylation is 2. The Hall–Kier alpha value is -2.95. The van der Waals surface area contributed by atoms with Gasteiger partial charge in [0.2, 0.25) is 5.95 Å². The van der Waals surface area contributed by atoms with Crippen molar-refractivity contribution in [2.75, 3.05) is 10.6 Å². The molecule has 0 fully saturated rings. The molecule has 0 atom stereocenters. The second-order valence-electron chi connectivity index (χ2n) is 5.85. The largest absolute Gasteiger partial charge is 0.365 e. The average Bonchev–Trinajstić information content (AvgIpc) is 2.60. The van der Waals surface area contributed by atoms with Gasteiger partial charge in [-0.2, -0.15) is 10.1 Å². The minimum atomic E-state index is 0.518. The van der Waals surface area contributed by atoms with Crippen molar-refractivity contribution in [3.8, 4) is 0 Å². The maximum absolute atomic E-state index is 4.45. The highest BCUT2D eigenvalue weighted by Crippen LogP contribution is 2.10. The second-order valence-corrected chi connectivity index (χ2v) is 5.85. The van der Waals surface area contributed by atoms with Gasteiger partial charge < -0.3 is 10.6 Å². The lowest BCUT2D eigenvalue weighted by Gasteiger charge is -2.08. The molecule has 5 heteroatoms. The van der Waals surface area contributed by atoms with Crippen LogP contribution in [0.2, 0.25) is 0 Å². The Morgan fingerprint density at radius 2 is 1.62 bits per heavy atom. The summed E-state index contributed by atoms with van der Waals surface area (Å²) in [7, 11) is 0. The fourth-order valence-corrected chi connectivity index (χ4v) is 2.37. The van der Waals surface area contributed by atoms with Crippen LogP contribution in [0.3, 0.4) is 0 Å². The van der Waals surface area contributed by atoms with Crippen molar-refractivity contribution in [3.63, 3.8) is 0 Å². The summed E-state index contributed by atoms with van der Waals surface area (Å²) in [4.78, 5) is 4.45. The maximum Gasteiger partial charge on any atom is 0.244 e. The maximum atomic E-state index is 4.45. The summed E-state index contributed by atoms with van der Waals surface area (Å²) in [6.07, 6.45) is 1.63. The van der Waals surface area contributed by atoms with E-state index in [-0.39, 0.29) is 0 Å². The molecule has 24 heavy (non-hydrogen) atoms. The van der Waals surface area contributed by atoms with E-state index < -0.39 is 0 Å². The van der Waals surface area contributed by atoms with Gasteiger partial charge >= 0.3 is 0 Å². The van der Waals surface area contributed by atoms with Crippen LogP contribution in [0.5, 0.6) is 0 Å². The molecule has 0 aliphatic rings. The van der Waals surface area contributed by atoms with Crippen molar-refractivity contribution in [1.29, 1.82) is 0 Å². The van der Waals surface area contributed by atoms with Gasteiger partial charge in [-0.1, -0.05) is 59.7 Å². The van der Waals surface area contributed by atoms with Gasteiger partial charge in [0.05, 0.1) is 6.20 Å². The minimum absolute atomic E-state index is 0.518. The first-order valence-electron chi connectivity index (χ1n) is 7.97. The van der Waals surface area contributed by atoms with Crippen LogP contribution >= 0.6 is 0 Å². The summed E-state index contributed by atoms with van der Waals surface area (Å²) in [5.41, 5.74) is 4.89. The van der Waals surface area contributed by atoms with Crippen molar-refractivity contribution in [2.24, 2.45) is 0 Å². The van der Waals surface area contributed by atoms with Crippen molar-refractivity contribution in [3.05, 3.63) is 77.0 Å². The summed E-state index contributed by atoms with van der Waals surface area (Å²) in [5, 5.41) is 14.5. The molecule has 0 amide bonds. The zero-order valence-electron chi connectivity index (χ0n) is 14.0. The predicted octanol–water partition coefficient (Wildman–Crippen LogP) is 3.71. The molecule has 1 heterocycles. The Labute approximate surface area is 142 Å². The summed E-state index contributed by atoms with van der Waals surface area (Å²) in [5.74, 6) is 1.22. The molecule has 0 aliphatic carbocycles. The molecule has 3 aromatic rings. The quantitative estimate of drug-likeness (QED) is 0.725. The SMILES string of the molecule is Cc1ccc(CNc2nncc(NCc3cccc(C)c3)n2)cc1. The zero-order chi connectivity index (χ0) is 16.8. The molecule has 5 nitrogen and oxygen atoms in total.